The summed E-state index contributed by atoms with van der Waals surface area (Å²) in [5.74, 6) is -1.33. The molecule has 5 heterocycles. The van der Waals surface area contributed by atoms with E-state index in [4.69, 9.17) is 19.9 Å². The SMILES string of the molecule is CCC1=C(CC)c2cc3[n-]c(c(CC)c3CC)c(C(C(C)=O)C(C)=O)c3nc(cc4[n-]c(cc1n2)c(CC)c4CC)C(CC)=C3CC.[Zn+2]. The zero-order valence-electron chi connectivity index (χ0n) is 30.8. The van der Waals surface area contributed by atoms with E-state index < -0.39 is 5.92 Å². The minimum Gasteiger partial charge on any atom is -0.657 e. The number of fused-ring (bicyclic) bond motifs is 8. The Hall–Kier alpha value is -3.44. The van der Waals surface area contributed by atoms with Crippen molar-refractivity contribution in [2.45, 2.75) is 127 Å². The van der Waals surface area contributed by atoms with Crippen LogP contribution in [-0.2, 0) is 54.8 Å². The van der Waals surface area contributed by atoms with Crippen LogP contribution in [0.5, 0.6) is 0 Å². The summed E-state index contributed by atoms with van der Waals surface area (Å²) in [5, 5.41) is 0. The molecule has 0 radical (unpaired) electrons. The van der Waals surface area contributed by atoms with Gasteiger partial charge in [0, 0.05) is 0 Å². The van der Waals surface area contributed by atoms with E-state index in [0.717, 1.165) is 118 Å². The van der Waals surface area contributed by atoms with E-state index in [9.17, 15) is 9.59 Å². The van der Waals surface area contributed by atoms with Crippen molar-refractivity contribution < 1.29 is 29.1 Å². The molecule has 8 bridgehead atoms. The molecule has 0 aliphatic carbocycles. The van der Waals surface area contributed by atoms with Crippen LogP contribution in [0, 0.1) is 0 Å². The van der Waals surface area contributed by atoms with E-state index in [2.05, 4.69) is 73.6 Å². The van der Waals surface area contributed by atoms with Gasteiger partial charge in [-0.1, -0.05) is 95.8 Å². The number of Topliss-reactive ketones (excluding diaryl/α,β-unsaturated/α-hetero) is 2. The Morgan fingerprint density at radius 1 is 0.542 bits per heavy atom. The zero-order valence-corrected chi connectivity index (χ0v) is 33.7. The van der Waals surface area contributed by atoms with Crippen LogP contribution in [0.4, 0.5) is 0 Å². The van der Waals surface area contributed by atoms with Crippen molar-refractivity contribution in [3.05, 3.63) is 68.8 Å². The van der Waals surface area contributed by atoms with Gasteiger partial charge >= 0.3 is 19.5 Å². The Labute approximate surface area is 299 Å². The molecule has 3 aromatic heterocycles. The Bertz CT molecular complexity index is 1970. The average Bonchev–Trinajstić information content (AvgIpc) is 3.77. The van der Waals surface area contributed by atoms with Crippen LogP contribution in [0.3, 0.4) is 0 Å². The number of nitrogens with zero attached hydrogens (tertiary/aromatic N) is 4. The molecule has 248 valence electrons. The second-order valence-corrected chi connectivity index (χ2v) is 12.6. The van der Waals surface area contributed by atoms with Crippen LogP contribution in [-0.4, -0.2) is 21.5 Å². The number of aryl methyl sites for hydroxylation is 4. The molecule has 48 heavy (non-hydrogen) atoms. The van der Waals surface area contributed by atoms with E-state index in [-0.39, 0.29) is 31.0 Å². The minimum atomic E-state index is -0.956. The van der Waals surface area contributed by atoms with Gasteiger partial charge in [0.2, 0.25) is 0 Å². The molecular formula is C41H50N4O2Zn. The van der Waals surface area contributed by atoms with Crippen molar-refractivity contribution in [2.75, 3.05) is 0 Å². The summed E-state index contributed by atoms with van der Waals surface area (Å²) in [7, 11) is 0. The van der Waals surface area contributed by atoms with Gasteiger partial charge in [0.25, 0.3) is 0 Å². The average molecular weight is 696 g/mol. The normalized spacial score (nSPS) is 13.1. The second kappa shape index (κ2) is 15.4. The zero-order chi connectivity index (χ0) is 34.2. The number of hydrogen-bond donors (Lipinski definition) is 0. The maximum Gasteiger partial charge on any atom is 2.00 e. The first-order chi connectivity index (χ1) is 22.6. The van der Waals surface area contributed by atoms with Crippen LogP contribution in [0.25, 0.3) is 44.4 Å². The van der Waals surface area contributed by atoms with Crippen LogP contribution >= 0.6 is 0 Å². The molecule has 0 unspecified atom stereocenters. The molecule has 5 rings (SSSR count). The molecule has 0 spiro atoms. The summed E-state index contributed by atoms with van der Waals surface area (Å²) in [5.41, 5.74) is 17.0. The van der Waals surface area contributed by atoms with Gasteiger partial charge < -0.3 is 9.97 Å². The van der Waals surface area contributed by atoms with Crippen molar-refractivity contribution in [2.24, 2.45) is 0 Å². The van der Waals surface area contributed by atoms with Crippen molar-refractivity contribution in [3.63, 3.8) is 0 Å². The fourth-order valence-electron chi connectivity index (χ4n) is 8.01. The van der Waals surface area contributed by atoms with Crippen LogP contribution in [0.15, 0.2) is 18.2 Å². The Kier molecular flexibility index (Phi) is 12.0. The Morgan fingerprint density at radius 2 is 0.917 bits per heavy atom. The Morgan fingerprint density at radius 3 is 1.31 bits per heavy atom. The van der Waals surface area contributed by atoms with Gasteiger partial charge in [-0.2, -0.15) is 0 Å². The van der Waals surface area contributed by atoms with E-state index in [1.165, 1.54) is 36.1 Å². The number of ketones is 2. The van der Waals surface area contributed by atoms with Crippen molar-refractivity contribution >= 4 is 55.9 Å². The molecule has 0 N–H and O–H groups in total. The fraction of sp³-hybridized carbons (Fsp3) is 0.463. The summed E-state index contributed by atoms with van der Waals surface area (Å²) < 4.78 is 0. The third kappa shape index (κ3) is 6.24. The molecule has 6 nitrogen and oxygen atoms in total. The molecule has 0 saturated carbocycles. The molecule has 0 amide bonds. The van der Waals surface area contributed by atoms with Crippen molar-refractivity contribution in [1.29, 1.82) is 0 Å². The molecular weight excluding hydrogens is 646 g/mol. The topological polar surface area (TPSA) is 88.1 Å². The predicted molar refractivity (Wildman–Crippen MR) is 195 cm³/mol. The minimum absolute atomic E-state index is 0. The number of rotatable bonds is 11. The largest absolute Gasteiger partial charge is 2.00 e. The standard InChI is InChI=1S/C41H50N4O2.Zn/c1-11-24-26(13-3)34-20-36-28(15-5)30(17-7)40(44-36)39(38(22(9)46)23(10)47)41-31(18-8)29(16-6)37(45-41)21-35-27(14-4)25(12-2)33(43-35)19-32(24)42-34;/h19-21,38H,11-18H2,1-10H3;/q-2;+2. The van der Waals surface area contributed by atoms with Gasteiger partial charge in [-0.15, -0.1) is 22.1 Å². The van der Waals surface area contributed by atoms with Crippen molar-refractivity contribution in [3.8, 4) is 0 Å². The molecule has 2 aliphatic rings. The van der Waals surface area contributed by atoms with E-state index >= 15 is 0 Å². The van der Waals surface area contributed by atoms with Gasteiger partial charge in [0.1, 0.15) is 17.5 Å². The number of hydrogen-bond acceptors (Lipinski definition) is 4. The van der Waals surface area contributed by atoms with Crippen LogP contribution in [0.1, 0.15) is 151 Å². The summed E-state index contributed by atoms with van der Waals surface area (Å²) in [6, 6.07) is 6.46. The molecule has 0 saturated heterocycles. The van der Waals surface area contributed by atoms with Gasteiger partial charge in [0.05, 0.1) is 22.8 Å². The maximum absolute atomic E-state index is 13.4. The van der Waals surface area contributed by atoms with E-state index in [1.807, 2.05) is 0 Å². The molecule has 2 aliphatic heterocycles. The van der Waals surface area contributed by atoms with Crippen LogP contribution < -0.4 is 9.97 Å². The van der Waals surface area contributed by atoms with Gasteiger partial charge in [-0.25, -0.2) is 9.97 Å². The monoisotopic (exact) mass is 694 g/mol. The second-order valence-electron chi connectivity index (χ2n) is 12.6. The number of carbonyl (C=O) groups excluding carboxylic acids is 2. The summed E-state index contributed by atoms with van der Waals surface area (Å²) >= 11 is 0. The quantitative estimate of drug-likeness (QED) is 0.147. The molecule has 0 aromatic carbocycles. The predicted octanol–water partition coefficient (Wildman–Crippen LogP) is 9.54. The molecule has 0 atom stereocenters. The summed E-state index contributed by atoms with van der Waals surface area (Å²) in [6.07, 6.45) is 6.44. The van der Waals surface area contributed by atoms with Gasteiger partial charge in [-0.05, 0) is 93.1 Å². The Balaban J connectivity index is 0.00000520. The number of aromatic nitrogens is 4. The van der Waals surface area contributed by atoms with Crippen molar-refractivity contribution in [1.82, 2.24) is 19.9 Å². The third-order valence-electron chi connectivity index (χ3n) is 10.1. The maximum atomic E-state index is 13.4. The van der Waals surface area contributed by atoms with Crippen LogP contribution in [0.2, 0.25) is 0 Å². The van der Waals surface area contributed by atoms with E-state index in [0.29, 0.717) is 5.56 Å². The first-order valence-corrected chi connectivity index (χ1v) is 17.8. The molecule has 7 heteroatoms. The van der Waals surface area contributed by atoms with Gasteiger partial charge in [0.15, 0.2) is 0 Å². The summed E-state index contributed by atoms with van der Waals surface area (Å²) in [4.78, 5) is 48.0. The molecule has 0 fully saturated rings. The smallest absolute Gasteiger partial charge is 0.657 e. The molecule has 3 aromatic rings. The summed E-state index contributed by atoms with van der Waals surface area (Å²) in [6.45, 7) is 20.4. The fourth-order valence-corrected chi connectivity index (χ4v) is 8.01. The number of allylic oxidation sites excluding steroid dienone is 4. The van der Waals surface area contributed by atoms with Gasteiger partial charge in [-0.3, -0.25) is 9.59 Å². The first-order valence-electron chi connectivity index (χ1n) is 17.8. The number of carbonyl (C=O) groups is 2. The first kappa shape index (κ1) is 37.4. The third-order valence-corrected chi connectivity index (χ3v) is 10.1. The van der Waals surface area contributed by atoms with E-state index in [1.54, 1.807) is 0 Å².